The maximum absolute atomic E-state index is 10.5. The summed E-state index contributed by atoms with van der Waals surface area (Å²) >= 11 is 0. The number of rotatable bonds is 5. The Kier molecular flexibility index (Phi) is 3.99. The number of nitrogens with one attached hydrogen (secondary N) is 1. The summed E-state index contributed by atoms with van der Waals surface area (Å²) in [5, 5.41) is 20.4. The molecule has 0 bridgehead atoms. The first-order chi connectivity index (χ1) is 7.17. The van der Waals surface area contributed by atoms with Crippen LogP contribution in [0.2, 0.25) is 0 Å². The lowest BCUT2D eigenvalue weighted by atomic mass is 10.2. The van der Waals surface area contributed by atoms with Gasteiger partial charge in [0.25, 0.3) is 0 Å². The molecule has 1 aromatic heterocycles. The highest BCUT2D eigenvalue weighted by molar-refractivity contribution is 5.84. The number of hydrogen-bond donors (Lipinski definition) is 3. The fourth-order valence-corrected chi connectivity index (χ4v) is 0.999. The zero-order valence-corrected chi connectivity index (χ0v) is 8.34. The summed E-state index contributed by atoms with van der Waals surface area (Å²) in [4.78, 5) is 18.0. The Morgan fingerprint density at radius 3 is 2.67 bits per heavy atom. The predicted octanol–water partition coefficient (Wildman–Crippen LogP) is 0.358. The molecule has 0 aliphatic rings. The average Bonchev–Trinajstić information content (AvgIpc) is 2.26. The summed E-state index contributed by atoms with van der Waals surface area (Å²) in [5.41, 5.74) is -0.0994. The zero-order valence-electron chi connectivity index (χ0n) is 8.34. The van der Waals surface area contributed by atoms with Crippen molar-refractivity contribution in [1.82, 2.24) is 9.97 Å². The number of anilines is 1. The third-order valence-corrected chi connectivity index (χ3v) is 1.94. The molecule has 0 amide bonds. The second-order valence-electron chi connectivity index (χ2n) is 3.02. The van der Waals surface area contributed by atoms with E-state index >= 15 is 0 Å². The Hall–Kier alpha value is -1.69. The van der Waals surface area contributed by atoms with E-state index in [1.807, 2.05) is 6.92 Å². The molecule has 1 atom stereocenters. The van der Waals surface area contributed by atoms with Crippen LogP contribution in [0.25, 0.3) is 0 Å². The van der Waals surface area contributed by atoms with Gasteiger partial charge in [0.1, 0.15) is 5.82 Å². The molecule has 0 fully saturated rings. The number of aliphatic hydroxyl groups is 1. The number of aromatic carboxylic acids is 1. The predicted molar refractivity (Wildman–Crippen MR) is 53.8 cm³/mol. The van der Waals surface area contributed by atoms with E-state index in [0.29, 0.717) is 5.82 Å². The number of carboxylic acid groups (broad SMARTS) is 1. The second kappa shape index (κ2) is 5.26. The highest BCUT2D eigenvalue weighted by atomic mass is 16.4. The maximum atomic E-state index is 10.5. The second-order valence-corrected chi connectivity index (χ2v) is 3.02. The Labute approximate surface area is 87.0 Å². The van der Waals surface area contributed by atoms with Crippen molar-refractivity contribution in [3.05, 3.63) is 18.1 Å². The van der Waals surface area contributed by atoms with Crippen molar-refractivity contribution >= 4 is 11.8 Å². The fourth-order valence-electron chi connectivity index (χ4n) is 0.999. The Morgan fingerprint density at radius 2 is 2.27 bits per heavy atom. The first-order valence-electron chi connectivity index (χ1n) is 4.60. The van der Waals surface area contributed by atoms with Gasteiger partial charge < -0.3 is 15.5 Å². The molecule has 82 valence electrons. The van der Waals surface area contributed by atoms with Crippen LogP contribution in [-0.4, -0.2) is 38.8 Å². The van der Waals surface area contributed by atoms with Crippen molar-refractivity contribution in [1.29, 1.82) is 0 Å². The lowest BCUT2D eigenvalue weighted by molar-refractivity contribution is 0.0690. The lowest BCUT2D eigenvalue weighted by Gasteiger charge is -2.13. The van der Waals surface area contributed by atoms with Crippen LogP contribution in [0.5, 0.6) is 0 Å². The number of carboxylic acids is 1. The van der Waals surface area contributed by atoms with Gasteiger partial charge in [0.2, 0.25) is 0 Å². The van der Waals surface area contributed by atoms with Gasteiger partial charge in [0.15, 0.2) is 5.69 Å². The highest BCUT2D eigenvalue weighted by Gasteiger charge is 2.07. The summed E-state index contributed by atoms with van der Waals surface area (Å²) in [6.07, 6.45) is 3.26. The van der Waals surface area contributed by atoms with Crippen LogP contribution in [0.3, 0.4) is 0 Å². The lowest BCUT2D eigenvalue weighted by Crippen LogP contribution is -2.23. The summed E-state index contributed by atoms with van der Waals surface area (Å²) in [5.74, 6) is -0.649. The Bertz CT molecular complexity index is 322. The van der Waals surface area contributed by atoms with Gasteiger partial charge in [-0.3, -0.25) is 0 Å². The molecule has 15 heavy (non-hydrogen) atoms. The van der Waals surface area contributed by atoms with Gasteiger partial charge in [-0.05, 0) is 6.42 Å². The quantitative estimate of drug-likeness (QED) is 0.650. The molecule has 0 aliphatic heterocycles. The number of carbonyl (C=O) groups is 1. The van der Waals surface area contributed by atoms with Gasteiger partial charge in [-0.25, -0.2) is 14.8 Å². The van der Waals surface area contributed by atoms with Gasteiger partial charge >= 0.3 is 5.97 Å². The normalized spacial score (nSPS) is 12.1. The van der Waals surface area contributed by atoms with Crippen LogP contribution in [0.1, 0.15) is 23.8 Å². The zero-order chi connectivity index (χ0) is 11.3. The number of aromatic nitrogens is 2. The summed E-state index contributed by atoms with van der Waals surface area (Å²) in [6, 6.07) is -0.0880. The van der Waals surface area contributed by atoms with Crippen LogP contribution in [0, 0.1) is 0 Å². The molecular weight excluding hydrogens is 198 g/mol. The van der Waals surface area contributed by atoms with Crippen molar-refractivity contribution in [3.63, 3.8) is 0 Å². The number of aliphatic hydroxyl groups excluding tert-OH is 1. The van der Waals surface area contributed by atoms with Crippen LogP contribution < -0.4 is 5.32 Å². The van der Waals surface area contributed by atoms with E-state index in [0.717, 1.165) is 6.42 Å². The maximum Gasteiger partial charge on any atom is 0.356 e. The first-order valence-corrected chi connectivity index (χ1v) is 4.60. The van der Waals surface area contributed by atoms with E-state index in [9.17, 15) is 4.79 Å². The van der Waals surface area contributed by atoms with Crippen molar-refractivity contribution in [2.75, 3.05) is 11.9 Å². The molecule has 0 aromatic carbocycles. The average molecular weight is 211 g/mol. The fraction of sp³-hybridized carbons (Fsp3) is 0.444. The smallest absolute Gasteiger partial charge is 0.356 e. The van der Waals surface area contributed by atoms with Crippen LogP contribution in [0.15, 0.2) is 12.4 Å². The molecule has 1 aromatic rings. The van der Waals surface area contributed by atoms with Crippen LogP contribution >= 0.6 is 0 Å². The molecule has 1 unspecified atom stereocenters. The minimum atomic E-state index is -1.11. The van der Waals surface area contributed by atoms with E-state index in [1.165, 1.54) is 12.4 Å². The minimum Gasteiger partial charge on any atom is -0.476 e. The monoisotopic (exact) mass is 211 g/mol. The molecule has 0 spiro atoms. The summed E-state index contributed by atoms with van der Waals surface area (Å²) < 4.78 is 0. The molecule has 6 nitrogen and oxygen atoms in total. The number of hydrogen-bond acceptors (Lipinski definition) is 5. The summed E-state index contributed by atoms with van der Waals surface area (Å²) in [6.45, 7) is 1.92. The molecule has 0 aliphatic carbocycles. The highest BCUT2D eigenvalue weighted by Crippen LogP contribution is 2.04. The van der Waals surface area contributed by atoms with Gasteiger partial charge in [0, 0.05) is 0 Å². The van der Waals surface area contributed by atoms with E-state index in [-0.39, 0.29) is 18.3 Å². The van der Waals surface area contributed by atoms with Gasteiger partial charge in [-0.1, -0.05) is 6.92 Å². The first kappa shape index (κ1) is 11.4. The molecule has 0 saturated heterocycles. The summed E-state index contributed by atoms with van der Waals surface area (Å²) in [7, 11) is 0. The van der Waals surface area contributed by atoms with E-state index in [4.69, 9.17) is 10.2 Å². The largest absolute Gasteiger partial charge is 0.476 e. The van der Waals surface area contributed by atoms with Crippen molar-refractivity contribution in [2.45, 2.75) is 19.4 Å². The molecule has 0 radical (unpaired) electrons. The van der Waals surface area contributed by atoms with Crippen molar-refractivity contribution in [3.8, 4) is 0 Å². The van der Waals surface area contributed by atoms with E-state index in [1.54, 1.807) is 0 Å². The molecule has 1 heterocycles. The van der Waals surface area contributed by atoms with Crippen LogP contribution in [0.4, 0.5) is 5.82 Å². The third-order valence-electron chi connectivity index (χ3n) is 1.94. The molecular formula is C9H13N3O3. The molecule has 6 heteroatoms. The SMILES string of the molecule is CCC(CO)Nc1cnc(C(=O)O)cn1. The molecule has 0 saturated carbocycles. The van der Waals surface area contributed by atoms with Gasteiger partial charge in [-0.2, -0.15) is 0 Å². The molecule has 3 N–H and O–H groups in total. The number of nitrogens with zero attached hydrogens (tertiary/aromatic N) is 2. The van der Waals surface area contributed by atoms with Gasteiger partial charge in [-0.15, -0.1) is 0 Å². The Balaban J connectivity index is 2.67. The third kappa shape index (κ3) is 3.17. The Morgan fingerprint density at radius 1 is 1.53 bits per heavy atom. The molecule has 1 rings (SSSR count). The van der Waals surface area contributed by atoms with Crippen molar-refractivity contribution < 1.29 is 15.0 Å². The van der Waals surface area contributed by atoms with E-state index in [2.05, 4.69) is 15.3 Å². The van der Waals surface area contributed by atoms with Crippen molar-refractivity contribution in [2.24, 2.45) is 0 Å². The minimum absolute atomic E-state index is 0.00113. The van der Waals surface area contributed by atoms with Gasteiger partial charge in [0.05, 0.1) is 25.0 Å². The standard InChI is InChI=1S/C9H13N3O3/c1-2-6(5-13)12-8-4-10-7(3-11-8)9(14)15/h3-4,6,13H,2,5H2,1H3,(H,11,12)(H,14,15). The van der Waals surface area contributed by atoms with Crippen LogP contribution in [-0.2, 0) is 0 Å². The van der Waals surface area contributed by atoms with E-state index < -0.39 is 5.97 Å². The topological polar surface area (TPSA) is 95.3 Å².